The largest absolute Gasteiger partial charge is 0.389 e. The molecule has 0 heterocycles. The highest BCUT2D eigenvalue weighted by molar-refractivity contribution is 5.91. The molecule has 3 saturated carbocycles. The zero-order chi connectivity index (χ0) is 19.9. The van der Waals surface area contributed by atoms with Gasteiger partial charge in [-0.15, -0.1) is 0 Å². The van der Waals surface area contributed by atoms with Crippen molar-refractivity contribution in [1.29, 1.82) is 0 Å². The summed E-state index contributed by atoms with van der Waals surface area (Å²) in [5, 5.41) is 9.56. The van der Waals surface area contributed by atoms with E-state index in [1.54, 1.807) is 0 Å². The van der Waals surface area contributed by atoms with E-state index in [2.05, 4.69) is 34.6 Å². The Hall–Kier alpha value is -0.960. The van der Waals surface area contributed by atoms with Crippen LogP contribution in [0.1, 0.15) is 86.0 Å². The van der Waals surface area contributed by atoms with E-state index in [1.165, 1.54) is 5.57 Å². The number of fused-ring (bicyclic) bond motifs is 5. The third kappa shape index (κ3) is 1.97. The van der Waals surface area contributed by atoms with Crippen molar-refractivity contribution in [1.82, 2.24) is 0 Å². The molecule has 0 radical (unpaired) electrons. The molecule has 6 atom stereocenters. The van der Waals surface area contributed by atoms with E-state index in [9.17, 15) is 14.7 Å². The predicted molar refractivity (Wildman–Crippen MR) is 106 cm³/mol. The molecule has 0 bridgehead atoms. The summed E-state index contributed by atoms with van der Waals surface area (Å²) in [7, 11) is 0. The molecule has 0 amide bonds. The Balaban J connectivity index is 1.84. The van der Waals surface area contributed by atoms with Crippen LogP contribution in [-0.2, 0) is 9.59 Å². The van der Waals surface area contributed by atoms with E-state index in [0.29, 0.717) is 12.2 Å². The molecule has 4 rings (SSSR count). The summed E-state index contributed by atoms with van der Waals surface area (Å²) >= 11 is 0. The number of Topliss-reactive ketones (excluding diaryl/α,β-unsaturated/α-hetero) is 1. The van der Waals surface area contributed by atoms with Gasteiger partial charge in [-0.2, -0.15) is 0 Å². The van der Waals surface area contributed by atoms with Crippen molar-refractivity contribution in [2.75, 3.05) is 6.61 Å². The molecule has 1 N–H and O–H groups in total. The predicted octanol–water partition coefficient (Wildman–Crippen LogP) is 4.87. The van der Waals surface area contributed by atoms with Crippen LogP contribution in [0.2, 0.25) is 0 Å². The molecule has 0 unspecified atom stereocenters. The number of carbonyl (C=O) groups excluding carboxylic acids is 2. The van der Waals surface area contributed by atoms with Crippen LogP contribution in [0.4, 0.5) is 0 Å². The summed E-state index contributed by atoms with van der Waals surface area (Å²) in [6.07, 6.45) is 9.85. The third-order valence-electron chi connectivity index (χ3n) is 11.1. The number of carbonyl (C=O) groups is 2. The molecule has 4 aliphatic carbocycles. The molecule has 0 aromatic heterocycles. The molecule has 0 aromatic rings. The first-order valence-corrected chi connectivity index (χ1v) is 10.9. The zero-order valence-electron chi connectivity index (χ0n) is 17.8. The first-order valence-electron chi connectivity index (χ1n) is 10.9. The number of allylic oxidation sites excluding steroid dienone is 1. The van der Waals surface area contributed by atoms with E-state index in [0.717, 1.165) is 44.9 Å². The Bertz CT molecular complexity index is 738. The summed E-state index contributed by atoms with van der Waals surface area (Å²) in [6.45, 7) is 11.9. The Kier molecular flexibility index (Phi) is 3.98. The van der Waals surface area contributed by atoms with Crippen LogP contribution in [-0.4, -0.2) is 23.3 Å². The van der Waals surface area contributed by atoms with Crippen LogP contribution in [0.25, 0.3) is 0 Å². The van der Waals surface area contributed by atoms with Gasteiger partial charge in [-0.05, 0) is 78.1 Å². The molecule has 0 saturated heterocycles. The number of ketones is 2. The van der Waals surface area contributed by atoms with Gasteiger partial charge in [0.15, 0.2) is 11.6 Å². The normalized spacial score (nSPS) is 51.9. The average molecular weight is 373 g/mol. The molecule has 0 spiro atoms. The molecular formula is C24H36O3. The van der Waals surface area contributed by atoms with E-state index < -0.39 is 0 Å². The maximum absolute atomic E-state index is 12.6. The van der Waals surface area contributed by atoms with Crippen LogP contribution in [0.5, 0.6) is 0 Å². The fourth-order valence-electron chi connectivity index (χ4n) is 8.56. The molecule has 0 aliphatic heterocycles. The summed E-state index contributed by atoms with van der Waals surface area (Å²) in [5.41, 5.74) is 1.77. The van der Waals surface area contributed by atoms with Crippen molar-refractivity contribution in [2.24, 2.45) is 33.0 Å². The first kappa shape index (κ1) is 19.4. The minimum atomic E-state index is -0.322. The van der Waals surface area contributed by atoms with E-state index in [1.807, 2.05) is 6.08 Å². The zero-order valence-corrected chi connectivity index (χ0v) is 17.8. The molecule has 0 aromatic carbocycles. The second-order valence-corrected chi connectivity index (χ2v) is 11.1. The quantitative estimate of drug-likeness (QED) is 0.752. The topological polar surface area (TPSA) is 54.4 Å². The maximum Gasteiger partial charge on any atom is 0.161 e. The average Bonchev–Trinajstić information content (AvgIpc) is 2.91. The Morgan fingerprint density at radius 1 is 0.963 bits per heavy atom. The second kappa shape index (κ2) is 5.55. The SMILES string of the molecule is C[C@@]12CCC3=CC(=O)CC[C@]3(C)[C@]1(C)CC[C@]1(C)[C@@H](C(=O)CO)CC[C@]21C. The van der Waals surface area contributed by atoms with Crippen molar-refractivity contribution in [3.05, 3.63) is 11.6 Å². The lowest BCUT2D eigenvalue weighted by atomic mass is 9.31. The summed E-state index contributed by atoms with van der Waals surface area (Å²) in [4.78, 5) is 24.7. The van der Waals surface area contributed by atoms with Crippen LogP contribution in [0.3, 0.4) is 0 Å². The molecule has 27 heavy (non-hydrogen) atoms. The lowest BCUT2D eigenvalue weighted by Crippen LogP contribution is -2.66. The fourth-order valence-corrected chi connectivity index (χ4v) is 8.56. The molecular weight excluding hydrogens is 336 g/mol. The first-order chi connectivity index (χ1) is 12.5. The van der Waals surface area contributed by atoms with E-state index in [-0.39, 0.29) is 45.4 Å². The highest BCUT2D eigenvalue weighted by atomic mass is 16.3. The number of aliphatic hydroxyl groups excluding tert-OH is 1. The maximum atomic E-state index is 12.6. The van der Waals surface area contributed by atoms with Gasteiger partial charge in [0.1, 0.15) is 6.61 Å². The summed E-state index contributed by atoms with van der Waals surface area (Å²) in [5.74, 6) is 0.335. The number of hydrogen-bond donors (Lipinski definition) is 1. The van der Waals surface area contributed by atoms with Crippen molar-refractivity contribution < 1.29 is 14.7 Å². The number of hydrogen-bond acceptors (Lipinski definition) is 3. The monoisotopic (exact) mass is 372 g/mol. The minimum Gasteiger partial charge on any atom is -0.389 e. The standard InChI is InChI=1S/C24H36O3/c1-20-9-7-17(26)14-16(20)6-10-24(5)22(3)11-8-18(19(27)15-25)21(22,2)12-13-23(20,24)4/h14,18,25H,6-13,15H2,1-5H3/t18-,20+,21-,22+,23+,24+/m1/s1. The minimum absolute atomic E-state index is 0.00782. The fraction of sp³-hybridized carbons (Fsp3) is 0.833. The van der Waals surface area contributed by atoms with Crippen molar-refractivity contribution >= 4 is 11.6 Å². The smallest absolute Gasteiger partial charge is 0.161 e. The van der Waals surface area contributed by atoms with Gasteiger partial charge in [-0.1, -0.05) is 40.2 Å². The van der Waals surface area contributed by atoms with Gasteiger partial charge >= 0.3 is 0 Å². The number of rotatable bonds is 2. The van der Waals surface area contributed by atoms with Crippen molar-refractivity contribution in [3.8, 4) is 0 Å². The van der Waals surface area contributed by atoms with E-state index in [4.69, 9.17) is 0 Å². The lowest BCUT2D eigenvalue weighted by Gasteiger charge is -2.73. The molecule has 3 fully saturated rings. The van der Waals surface area contributed by atoms with Gasteiger partial charge in [0, 0.05) is 12.3 Å². The molecule has 3 heteroatoms. The van der Waals surface area contributed by atoms with Crippen molar-refractivity contribution in [2.45, 2.75) is 86.0 Å². The Labute approximate surface area is 164 Å². The van der Waals surface area contributed by atoms with Crippen LogP contribution in [0.15, 0.2) is 11.6 Å². The summed E-state index contributed by atoms with van der Waals surface area (Å²) in [6, 6.07) is 0. The Morgan fingerprint density at radius 2 is 1.67 bits per heavy atom. The van der Waals surface area contributed by atoms with E-state index >= 15 is 0 Å². The van der Waals surface area contributed by atoms with Gasteiger partial charge in [-0.25, -0.2) is 0 Å². The Morgan fingerprint density at radius 3 is 2.33 bits per heavy atom. The van der Waals surface area contributed by atoms with Gasteiger partial charge < -0.3 is 5.11 Å². The van der Waals surface area contributed by atoms with Crippen molar-refractivity contribution in [3.63, 3.8) is 0 Å². The van der Waals surface area contributed by atoms with Crippen LogP contribution < -0.4 is 0 Å². The number of aliphatic hydroxyl groups is 1. The highest BCUT2D eigenvalue weighted by Gasteiger charge is 2.74. The molecule has 150 valence electrons. The molecule has 3 nitrogen and oxygen atoms in total. The van der Waals surface area contributed by atoms with Gasteiger partial charge in [-0.3, -0.25) is 9.59 Å². The lowest BCUT2D eigenvalue weighted by molar-refractivity contribution is -0.226. The third-order valence-corrected chi connectivity index (χ3v) is 11.1. The van der Waals surface area contributed by atoms with Gasteiger partial charge in [0.2, 0.25) is 0 Å². The van der Waals surface area contributed by atoms with Gasteiger partial charge in [0.25, 0.3) is 0 Å². The van der Waals surface area contributed by atoms with Gasteiger partial charge in [0.05, 0.1) is 0 Å². The summed E-state index contributed by atoms with van der Waals surface area (Å²) < 4.78 is 0. The second-order valence-electron chi connectivity index (χ2n) is 11.1. The molecule has 4 aliphatic rings. The van der Waals surface area contributed by atoms with Crippen LogP contribution >= 0.6 is 0 Å². The van der Waals surface area contributed by atoms with Crippen LogP contribution in [0, 0.1) is 33.0 Å². The highest BCUT2D eigenvalue weighted by Crippen LogP contribution is 2.81.